The van der Waals surface area contributed by atoms with Crippen LogP contribution in [0, 0.1) is 11.6 Å². The molecule has 1 saturated heterocycles. The molecule has 2 amide bonds. The maximum atomic E-state index is 14.1. The lowest BCUT2D eigenvalue weighted by atomic mass is 10.2. The number of rotatable bonds is 8. The minimum Gasteiger partial charge on any atom is -0.379 e. The third kappa shape index (κ3) is 6.79. The van der Waals surface area contributed by atoms with Crippen LogP contribution < -0.4 is 10.6 Å². The van der Waals surface area contributed by atoms with E-state index in [0.29, 0.717) is 30.3 Å². The Morgan fingerprint density at radius 2 is 1.77 bits per heavy atom. The van der Waals surface area contributed by atoms with Gasteiger partial charge < -0.3 is 15.4 Å². The Kier molecular flexibility index (Phi) is 8.18. The molecule has 0 saturated carbocycles. The SMILES string of the molecule is O=C(CSc1ccccc1F)Nc1ccc(F)c(NC(=O)CCN2CCOCC2)c1. The van der Waals surface area contributed by atoms with Crippen LogP contribution in [-0.4, -0.2) is 55.3 Å². The van der Waals surface area contributed by atoms with Crippen molar-refractivity contribution in [1.29, 1.82) is 0 Å². The van der Waals surface area contributed by atoms with E-state index in [1.54, 1.807) is 18.2 Å². The first-order valence-electron chi connectivity index (χ1n) is 9.58. The molecule has 6 nitrogen and oxygen atoms in total. The summed E-state index contributed by atoms with van der Waals surface area (Å²) in [7, 11) is 0. The zero-order valence-electron chi connectivity index (χ0n) is 16.3. The van der Waals surface area contributed by atoms with Gasteiger partial charge in [0.05, 0.1) is 24.7 Å². The van der Waals surface area contributed by atoms with Crippen LogP contribution in [0.1, 0.15) is 6.42 Å². The Balaban J connectivity index is 1.50. The van der Waals surface area contributed by atoms with Crippen molar-refractivity contribution >= 4 is 35.0 Å². The van der Waals surface area contributed by atoms with Crippen LogP contribution in [0.25, 0.3) is 0 Å². The van der Waals surface area contributed by atoms with Gasteiger partial charge in [0.1, 0.15) is 11.6 Å². The number of hydrogen-bond donors (Lipinski definition) is 2. The minimum atomic E-state index is -0.589. The molecular weight excluding hydrogens is 412 g/mol. The number of ether oxygens (including phenoxy) is 1. The molecule has 0 unspecified atom stereocenters. The summed E-state index contributed by atoms with van der Waals surface area (Å²) in [5.74, 6) is -1.65. The van der Waals surface area contributed by atoms with E-state index >= 15 is 0 Å². The molecule has 0 aliphatic carbocycles. The van der Waals surface area contributed by atoms with Gasteiger partial charge in [-0.05, 0) is 30.3 Å². The molecule has 1 aliphatic rings. The largest absolute Gasteiger partial charge is 0.379 e. The van der Waals surface area contributed by atoms with E-state index in [4.69, 9.17) is 4.74 Å². The molecule has 2 aromatic carbocycles. The molecule has 0 aromatic heterocycles. The Morgan fingerprint density at radius 3 is 2.53 bits per heavy atom. The second kappa shape index (κ2) is 11.1. The molecule has 0 bridgehead atoms. The van der Waals surface area contributed by atoms with Gasteiger partial charge in [-0.2, -0.15) is 0 Å². The number of thioether (sulfide) groups is 1. The van der Waals surface area contributed by atoms with Crippen molar-refractivity contribution in [2.24, 2.45) is 0 Å². The molecule has 160 valence electrons. The van der Waals surface area contributed by atoms with Crippen molar-refractivity contribution in [2.45, 2.75) is 11.3 Å². The Labute approximate surface area is 178 Å². The fourth-order valence-corrected chi connectivity index (χ4v) is 3.64. The summed E-state index contributed by atoms with van der Waals surface area (Å²) >= 11 is 1.07. The zero-order chi connectivity index (χ0) is 21.3. The number of amides is 2. The molecular formula is C21H23F2N3O3S. The number of carbonyl (C=O) groups is 2. The highest BCUT2D eigenvalue weighted by atomic mass is 32.2. The van der Waals surface area contributed by atoms with Gasteiger partial charge in [-0.3, -0.25) is 14.5 Å². The second-order valence-electron chi connectivity index (χ2n) is 6.71. The molecule has 0 radical (unpaired) electrons. The molecule has 3 rings (SSSR count). The molecule has 1 fully saturated rings. The summed E-state index contributed by atoms with van der Waals surface area (Å²) in [6, 6.07) is 10.1. The summed E-state index contributed by atoms with van der Waals surface area (Å²) in [5.41, 5.74) is 0.348. The van der Waals surface area contributed by atoms with Crippen LogP contribution in [0.3, 0.4) is 0 Å². The summed E-state index contributed by atoms with van der Waals surface area (Å²) in [4.78, 5) is 26.8. The van der Waals surface area contributed by atoms with Gasteiger partial charge in [-0.25, -0.2) is 8.78 Å². The fraction of sp³-hybridized carbons (Fsp3) is 0.333. The third-order valence-corrected chi connectivity index (χ3v) is 5.53. The lowest BCUT2D eigenvalue weighted by molar-refractivity contribution is -0.117. The second-order valence-corrected chi connectivity index (χ2v) is 7.73. The van der Waals surface area contributed by atoms with Gasteiger partial charge in [-0.1, -0.05) is 12.1 Å². The number of nitrogens with zero attached hydrogens (tertiary/aromatic N) is 1. The number of nitrogens with one attached hydrogen (secondary N) is 2. The molecule has 30 heavy (non-hydrogen) atoms. The molecule has 1 aliphatic heterocycles. The number of morpholine rings is 1. The van der Waals surface area contributed by atoms with Crippen molar-refractivity contribution in [3.8, 4) is 0 Å². The van der Waals surface area contributed by atoms with E-state index in [-0.39, 0.29) is 35.5 Å². The van der Waals surface area contributed by atoms with E-state index in [1.165, 1.54) is 24.3 Å². The standard InChI is InChI=1S/C21H23F2N3O3S/c22-16-6-5-15(24-21(28)14-30-19-4-2-1-3-17(19)23)13-18(16)25-20(27)7-8-26-9-11-29-12-10-26/h1-6,13H,7-12,14H2,(H,24,28)(H,25,27). The molecule has 2 N–H and O–H groups in total. The molecule has 1 heterocycles. The van der Waals surface area contributed by atoms with Crippen molar-refractivity contribution in [3.63, 3.8) is 0 Å². The van der Waals surface area contributed by atoms with E-state index < -0.39 is 5.82 Å². The van der Waals surface area contributed by atoms with Gasteiger partial charge in [0, 0.05) is 36.6 Å². The molecule has 9 heteroatoms. The third-order valence-electron chi connectivity index (χ3n) is 4.48. The number of hydrogen-bond acceptors (Lipinski definition) is 5. The highest BCUT2D eigenvalue weighted by Crippen LogP contribution is 2.23. The van der Waals surface area contributed by atoms with Crippen molar-refractivity contribution < 1.29 is 23.1 Å². The van der Waals surface area contributed by atoms with Crippen molar-refractivity contribution in [2.75, 3.05) is 49.2 Å². The first kappa shape index (κ1) is 22.2. The monoisotopic (exact) mass is 435 g/mol. The molecule has 0 spiro atoms. The normalized spacial score (nSPS) is 14.3. The smallest absolute Gasteiger partial charge is 0.234 e. The Bertz CT molecular complexity index is 892. The maximum absolute atomic E-state index is 14.1. The number of benzene rings is 2. The van der Waals surface area contributed by atoms with Crippen molar-refractivity contribution in [1.82, 2.24) is 4.90 Å². The summed E-state index contributed by atoms with van der Waals surface area (Å²) in [6.07, 6.45) is 0.231. The van der Waals surface area contributed by atoms with Crippen LogP contribution >= 0.6 is 11.8 Å². The molecule has 0 atom stereocenters. The predicted octanol–water partition coefficient (Wildman–Crippen LogP) is 3.36. The number of carbonyl (C=O) groups excluding carboxylic acids is 2. The van der Waals surface area contributed by atoms with Gasteiger partial charge >= 0.3 is 0 Å². The van der Waals surface area contributed by atoms with Crippen LogP contribution in [0.15, 0.2) is 47.4 Å². The predicted molar refractivity (Wildman–Crippen MR) is 113 cm³/mol. The van der Waals surface area contributed by atoms with Crippen LogP contribution in [0.2, 0.25) is 0 Å². The lowest BCUT2D eigenvalue weighted by Crippen LogP contribution is -2.38. The topological polar surface area (TPSA) is 70.7 Å². The highest BCUT2D eigenvalue weighted by molar-refractivity contribution is 8.00. The first-order valence-corrected chi connectivity index (χ1v) is 10.6. The van der Waals surface area contributed by atoms with Gasteiger partial charge in [-0.15, -0.1) is 11.8 Å². The van der Waals surface area contributed by atoms with E-state index in [0.717, 1.165) is 24.9 Å². The van der Waals surface area contributed by atoms with Crippen molar-refractivity contribution in [3.05, 3.63) is 54.1 Å². The average Bonchev–Trinajstić information content (AvgIpc) is 2.75. The quantitative estimate of drug-likeness (QED) is 0.623. The average molecular weight is 435 g/mol. The van der Waals surface area contributed by atoms with Gasteiger partial charge in [0.25, 0.3) is 0 Å². The highest BCUT2D eigenvalue weighted by Gasteiger charge is 2.14. The summed E-state index contributed by atoms with van der Waals surface area (Å²) < 4.78 is 33.0. The lowest BCUT2D eigenvalue weighted by Gasteiger charge is -2.26. The summed E-state index contributed by atoms with van der Waals surface area (Å²) in [5, 5.41) is 5.18. The van der Waals surface area contributed by atoms with Gasteiger partial charge in [0.2, 0.25) is 11.8 Å². The van der Waals surface area contributed by atoms with Gasteiger partial charge in [0.15, 0.2) is 0 Å². The number of anilines is 2. The van der Waals surface area contributed by atoms with Crippen LogP contribution in [-0.2, 0) is 14.3 Å². The maximum Gasteiger partial charge on any atom is 0.234 e. The van der Waals surface area contributed by atoms with E-state index in [2.05, 4.69) is 15.5 Å². The van der Waals surface area contributed by atoms with E-state index in [1.807, 2.05) is 0 Å². The zero-order valence-corrected chi connectivity index (χ0v) is 17.1. The van der Waals surface area contributed by atoms with Crippen LogP contribution in [0.4, 0.5) is 20.2 Å². The Morgan fingerprint density at radius 1 is 1.00 bits per heavy atom. The summed E-state index contributed by atoms with van der Waals surface area (Å²) in [6.45, 7) is 3.41. The number of halogens is 2. The Hall–Kier alpha value is -2.49. The molecule has 2 aromatic rings. The van der Waals surface area contributed by atoms with E-state index in [9.17, 15) is 18.4 Å². The van der Waals surface area contributed by atoms with Crippen LogP contribution in [0.5, 0.6) is 0 Å². The minimum absolute atomic E-state index is 0.000445. The first-order chi connectivity index (χ1) is 14.5. The fourth-order valence-electron chi connectivity index (χ4n) is 2.90.